The molecule has 0 atom stereocenters. The van der Waals surface area contributed by atoms with E-state index in [0.717, 1.165) is 12.8 Å². The van der Waals surface area contributed by atoms with Gasteiger partial charge in [0, 0.05) is 0 Å². The molecule has 0 unspecified atom stereocenters. The van der Waals surface area contributed by atoms with Gasteiger partial charge in [-0.05, 0) is 42.0 Å². The van der Waals surface area contributed by atoms with Gasteiger partial charge in [-0.2, -0.15) is 0 Å². The normalized spacial score (nSPS) is 13.0. The van der Waals surface area contributed by atoms with E-state index in [2.05, 4.69) is 87.5 Å². The predicted molar refractivity (Wildman–Crippen MR) is 94.0 cm³/mol. The average Bonchev–Trinajstić information content (AvgIpc) is 2.56. The van der Waals surface area contributed by atoms with Gasteiger partial charge in [0.2, 0.25) is 0 Å². The van der Waals surface area contributed by atoms with Crippen LogP contribution < -0.4 is 0 Å². The molecule has 0 amide bonds. The minimum atomic E-state index is 1.04. The summed E-state index contributed by atoms with van der Waals surface area (Å²) in [5.74, 6) is 0. The lowest BCUT2D eigenvalue weighted by atomic mass is 9.90. The molecule has 0 aliphatic carbocycles. The maximum absolute atomic E-state index is 2.32. The minimum absolute atomic E-state index is 1.04. The van der Waals surface area contributed by atoms with Gasteiger partial charge in [-0.15, -0.1) is 0 Å². The van der Waals surface area contributed by atoms with Crippen LogP contribution in [-0.2, 0) is 0 Å². The molecule has 0 aliphatic heterocycles. The quantitative estimate of drug-likeness (QED) is 0.557. The van der Waals surface area contributed by atoms with Crippen LogP contribution in [0.25, 0.3) is 11.6 Å². The Kier molecular flexibility index (Phi) is 5.57. The SMILES string of the molecule is CCC(=C\c1ccccc1)/C(=C(/C)CC)c1ccccc1. The van der Waals surface area contributed by atoms with Crippen molar-refractivity contribution < 1.29 is 0 Å². The molecular formula is C21H24. The maximum atomic E-state index is 2.32. The van der Waals surface area contributed by atoms with E-state index in [4.69, 9.17) is 0 Å². The van der Waals surface area contributed by atoms with Gasteiger partial charge in [0.25, 0.3) is 0 Å². The molecule has 0 aromatic heterocycles. The molecule has 0 nitrogen and oxygen atoms in total. The lowest BCUT2D eigenvalue weighted by molar-refractivity contribution is 1.08. The van der Waals surface area contributed by atoms with Crippen molar-refractivity contribution in [3.05, 3.63) is 82.9 Å². The van der Waals surface area contributed by atoms with Crippen molar-refractivity contribution >= 4 is 11.6 Å². The Morgan fingerprint density at radius 3 is 1.90 bits per heavy atom. The van der Waals surface area contributed by atoms with E-state index < -0.39 is 0 Å². The molecule has 0 radical (unpaired) electrons. The topological polar surface area (TPSA) is 0 Å². The fourth-order valence-corrected chi connectivity index (χ4v) is 2.59. The second-order valence-corrected chi connectivity index (χ2v) is 5.31. The fourth-order valence-electron chi connectivity index (χ4n) is 2.59. The van der Waals surface area contributed by atoms with Gasteiger partial charge >= 0.3 is 0 Å². The Morgan fingerprint density at radius 2 is 1.38 bits per heavy atom. The van der Waals surface area contributed by atoms with Crippen molar-refractivity contribution in [2.24, 2.45) is 0 Å². The summed E-state index contributed by atoms with van der Waals surface area (Å²) in [6.07, 6.45) is 4.44. The minimum Gasteiger partial charge on any atom is -0.0655 e. The van der Waals surface area contributed by atoms with Crippen LogP contribution in [0.2, 0.25) is 0 Å². The molecule has 2 aromatic carbocycles. The van der Waals surface area contributed by atoms with Gasteiger partial charge in [0.05, 0.1) is 0 Å². The van der Waals surface area contributed by atoms with Crippen molar-refractivity contribution in [2.45, 2.75) is 33.6 Å². The van der Waals surface area contributed by atoms with E-state index >= 15 is 0 Å². The number of hydrogen-bond donors (Lipinski definition) is 0. The summed E-state index contributed by atoms with van der Waals surface area (Å²) >= 11 is 0. The zero-order valence-corrected chi connectivity index (χ0v) is 13.3. The van der Waals surface area contributed by atoms with Crippen molar-refractivity contribution in [1.82, 2.24) is 0 Å². The van der Waals surface area contributed by atoms with Gasteiger partial charge in [-0.25, -0.2) is 0 Å². The van der Waals surface area contributed by atoms with Crippen molar-refractivity contribution in [2.75, 3.05) is 0 Å². The van der Waals surface area contributed by atoms with Crippen molar-refractivity contribution in [3.63, 3.8) is 0 Å². The van der Waals surface area contributed by atoms with Crippen molar-refractivity contribution in [1.29, 1.82) is 0 Å². The molecule has 0 aliphatic rings. The molecule has 0 saturated heterocycles. The van der Waals surface area contributed by atoms with Crippen LogP contribution in [0.3, 0.4) is 0 Å². The van der Waals surface area contributed by atoms with Crippen LogP contribution in [0.15, 0.2) is 71.8 Å². The molecule has 2 rings (SSSR count). The Hall–Kier alpha value is -2.08. The molecule has 2 aromatic rings. The number of rotatable bonds is 5. The molecule has 0 saturated carbocycles. The monoisotopic (exact) mass is 276 g/mol. The number of hydrogen-bond acceptors (Lipinski definition) is 0. The van der Waals surface area contributed by atoms with Crippen LogP contribution in [0, 0.1) is 0 Å². The van der Waals surface area contributed by atoms with Gasteiger partial charge in [-0.3, -0.25) is 0 Å². The molecular weight excluding hydrogens is 252 g/mol. The van der Waals surface area contributed by atoms with E-state index in [9.17, 15) is 0 Å². The largest absolute Gasteiger partial charge is 0.0655 e. The second-order valence-electron chi connectivity index (χ2n) is 5.31. The highest BCUT2D eigenvalue weighted by molar-refractivity contribution is 5.86. The average molecular weight is 276 g/mol. The number of benzene rings is 2. The van der Waals surface area contributed by atoms with Crippen LogP contribution in [0.4, 0.5) is 0 Å². The molecule has 0 spiro atoms. The third kappa shape index (κ3) is 3.95. The van der Waals surface area contributed by atoms with Gasteiger partial charge in [0.1, 0.15) is 0 Å². The first kappa shape index (κ1) is 15.3. The summed E-state index contributed by atoms with van der Waals surface area (Å²) in [4.78, 5) is 0. The summed E-state index contributed by atoms with van der Waals surface area (Å²) in [6.45, 7) is 6.71. The first-order chi connectivity index (χ1) is 10.3. The zero-order chi connectivity index (χ0) is 15.1. The smallest absolute Gasteiger partial charge is 0.0163 e. The molecule has 21 heavy (non-hydrogen) atoms. The summed E-state index contributed by atoms with van der Waals surface area (Å²) in [6, 6.07) is 21.3. The van der Waals surface area contributed by atoms with Crippen LogP contribution in [-0.4, -0.2) is 0 Å². The highest BCUT2D eigenvalue weighted by atomic mass is 14.1. The summed E-state index contributed by atoms with van der Waals surface area (Å²) in [7, 11) is 0. The lowest BCUT2D eigenvalue weighted by Crippen LogP contribution is -1.94. The van der Waals surface area contributed by atoms with Crippen LogP contribution in [0.5, 0.6) is 0 Å². The first-order valence-corrected chi connectivity index (χ1v) is 7.77. The van der Waals surface area contributed by atoms with Gasteiger partial charge in [-0.1, -0.05) is 86.2 Å². The molecule has 0 heterocycles. The molecule has 0 N–H and O–H groups in total. The highest BCUT2D eigenvalue weighted by Gasteiger charge is 2.09. The summed E-state index contributed by atoms with van der Waals surface area (Å²) < 4.78 is 0. The van der Waals surface area contributed by atoms with Crippen LogP contribution in [0.1, 0.15) is 44.7 Å². The van der Waals surface area contributed by atoms with E-state index in [1.165, 1.54) is 27.8 Å². The highest BCUT2D eigenvalue weighted by Crippen LogP contribution is 2.31. The second kappa shape index (κ2) is 7.64. The third-order valence-corrected chi connectivity index (χ3v) is 3.86. The van der Waals surface area contributed by atoms with Crippen LogP contribution >= 0.6 is 0 Å². The van der Waals surface area contributed by atoms with E-state index in [0.29, 0.717) is 0 Å². The van der Waals surface area contributed by atoms with E-state index in [-0.39, 0.29) is 0 Å². The standard InChI is InChI=1S/C21H24/c1-4-17(3)21(20-14-10-7-11-15-20)19(5-2)16-18-12-8-6-9-13-18/h6-16H,4-5H2,1-3H3/b19-16+,21-17+. The Morgan fingerprint density at radius 1 is 0.810 bits per heavy atom. The Bertz CT molecular complexity index is 616. The molecule has 0 fully saturated rings. The first-order valence-electron chi connectivity index (χ1n) is 7.77. The van der Waals surface area contributed by atoms with Gasteiger partial charge < -0.3 is 0 Å². The Labute approximate surface area is 128 Å². The maximum Gasteiger partial charge on any atom is -0.0163 e. The molecule has 0 heteroatoms. The fraction of sp³-hybridized carbons (Fsp3) is 0.238. The lowest BCUT2D eigenvalue weighted by Gasteiger charge is -2.15. The Balaban J connectivity index is 2.52. The summed E-state index contributed by atoms with van der Waals surface area (Å²) in [5.41, 5.74) is 6.86. The number of allylic oxidation sites excluding steroid dienone is 3. The molecule has 108 valence electrons. The van der Waals surface area contributed by atoms with Crippen molar-refractivity contribution in [3.8, 4) is 0 Å². The molecule has 0 bridgehead atoms. The summed E-state index contributed by atoms with van der Waals surface area (Å²) in [5, 5.41) is 0. The predicted octanol–water partition coefficient (Wildman–Crippen LogP) is 6.36. The zero-order valence-electron chi connectivity index (χ0n) is 13.3. The van der Waals surface area contributed by atoms with E-state index in [1.807, 2.05) is 0 Å². The third-order valence-electron chi connectivity index (χ3n) is 3.86. The van der Waals surface area contributed by atoms with Gasteiger partial charge in [0.15, 0.2) is 0 Å². The van der Waals surface area contributed by atoms with E-state index in [1.54, 1.807) is 0 Å².